The summed E-state index contributed by atoms with van der Waals surface area (Å²) in [4.78, 5) is 36.9. The van der Waals surface area contributed by atoms with Gasteiger partial charge in [0, 0.05) is 0 Å². The van der Waals surface area contributed by atoms with Gasteiger partial charge in [0.1, 0.15) is 5.82 Å². The quantitative estimate of drug-likeness (QED) is 0.631. The fourth-order valence-electron chi connectivity index (χ4n) is 2.66. The molecule has 10 heteroatoms. The van der Waals surface area contributed by atoms with E-state index in [1.54, 1.807) is 0 Å². The first-order valence-electron chi connectivity index (χ1n) is 8.50. The molecule has 1 N–H and O–H groups in total. The number of carboxylic acid groups (broad SMARTS) is 1. The summed E-state index contributed by atoms with van der Waals surface area (Å²) in [6.07, 6.45) is 1.48. The third-order valence-electron chi connectivity index (χ3n) is 4.02. The second-order valence-corrected chi connectivity index (χ2v) is 7.51. The smallest absolute Gasteiger partial charge is 0.341 e. The average molecular weight is 452 g/mol. The predicted molar refractivity (Wildman–Crippen MR) is 109 cm³/mol. The number of aliphatic carboxylic acids is 1. The fourth-order valence-corrected chi connectivity index (χ4v) is 3.77. The van der Waals surface area contributed by atoms with Gasteiger partial charge in [-0.25, -0.2) is 9.18 Å². The summed E-state index contributed by atoms with van der Waals surface area (Å²) in [5.41, 5.74) is 1.08. The number of hydrogen-bond acceptors (Lipinski definition) is 6. The van der Waals surface area contributed by atoms with Gasteiger partial charge in [0.2, 0.25) is 0 Å². The zero-order chi connectivity index (χ0) is 21.8. The Balaban J connectivity index is 1.83. The molecule has 156 valence electrons. The monoisotopic (exact) mass is 451 g/mol. The molecule has 2 aromatic rings. The number of carbonyl (C=O) groups is 3. The molecule has 1 aliphatic rings. The van der Waals surface area contributed by atoms with E-state index < -0.39 is 29.5 Å². The van der Waals surface area contributed by atoms with Crippen LogP contribution in [0.1, 0.15) is 11.1 Å². The molecule has 2 amide bonds. The number of carboxylic acids is 1. The first-order chi connectivity index (χ1) is 14.3. The lowest BCUT2D eigenvalue weighted by atomic mass is 10.1. The van der Waals surface area contributed by atoms with Crippen LogP contribution in [0.2, 0.25) is 5.02 Å². The highest BCUT2D eigenvalue weighted by Crippen LogP contribution is 2.39. The number of methoxy groups -OCH3 is 1. The van der Waals surface area contributed by atoms with Gasteiger partial charge in [-0.05, 0) is 53.2 Å². The number of nitrogens with zero attached hydrogens (tertiary/aromatic N) is 1. The van der Waals surface area contributed by atoms with Gasteiger partial charge >= 0.3 is 5.97 Å². The first kappa shape index (κ1) is 21.7. The molecule has 0 bridgehead atoms. The van der Waals surface area contributed by atoms with Gasteiger partial charge in [-0.15, -0.1) is 0 Å². The summed E-state index contributed by atoms with van der Waals surface area (Å²) in [5.74, 6) is -1.83. The Morgan fingerprint density at radius 2 is 1.97 bits per heavy atom. The van der Waals surface area contributed by atoms with E-state index in [1.807, 2.05) is 0 Å². The molecule has 1 aliphatic heterocycles. The minimum absolute atomic E-state index is 0.0222. The number of amides is 2. The summed E-state index contributed by atoms with van der Waals surface area (Å²) in [6.45, 7) is -0.577. The first-order valence-corrected chi connectivity index (χ1v) is 9.70. The highest BCUT2D eigenvalue weighted by atomic mass is 35.5. The van der Waals surface area contributed by atoms with Crippen LogP contribution in [0.25, 0.3) is 6.08 Å². The lowest BCUT2D eigenvalue weighted by Gasteiger charge is -2.13. The summed E-state index contributed by atoms with van der Waals surface area (Å²) in [5, 5.41) is 8.40. The number of benzene rings is 2. The maximum atomic E-state index is 13.0. The lowest BCUT2D eigenvalue weighted by Crippen LogP contribution is -2.27. The Bertz CT molecular complexity index is 1040. The van der Waals surface area contributed by atoms with Crippen molar-refractivity contribution < 1.29 is 33.4 Å². The van der Waals surface area contributed by atoms with Gasteiger partial charge in [-0.2, -0.15) is 0 Å². The molecule has 1 heterocycles. The molecule has 0 saturated carbocycles. The van der Waals surface area contributed by atoms with E-state index in [-0.39, 0.29) is 28.0 Å². The Morgan fingerprint density at radius 3 is 2.60 bits per heavy atom. The van der Waals surface area contributed by atoms with E-state index in [0.717, 1.165) is 16.7 Å². The SMILES string of the molecule is COc1cc(C=C2SC(=O)N(Cc3ccc(F)cc3)C2=O)cc(Cl)c1OCC(=O)O. The van der Waals surface area contributed by atoms with Gasteiger partial charge < -0.3 is 14.6 Å². The van der Waals surface area contributed by atoms with E-state index in [1.165, 1.54) is 49.6 Å². The fraction of sp³-hybridized carbons (Fsp3) is 0.150. The lowest BCUT2D eigenvalue weighted by molar-refractivity contribution is -0.139. The van der Waals surface area contributed by atoms with Crippen molar-refractivity contribution in [2.24, 2.45) is 0 Å². The molecule has 1 saturated heterocycles. The van der Waals surface area contributed by atoms with Crippen molar-refractivity contribution in [3.63, 3.8) is 0 Å². The van der Waals surface area contributed by atoms with E-state index in [2.05, 4.69) is 0 Å². The van der Waals surface area contributed by atoms with Gasteiger partial charge in [0.05, 0.1) is 23.6 Å². The molecule has 0 spiro atoms. The zero-order valence-corrected chi connectivity index (χ0v) is 17.1. The van der Waals surface area contributed by atoms with Crippen LogP contribution in [-0.4, -0.2) is 40.8 Å². The molecular weight excluding hydrogens is 437 g/mol. The van der Waals surface area contributed by atoms with Crippen LogP contribution in [0, 0.1) is 5.82 Å². The number of halogens is 2. The molecule has 0 aromatic heterocycles. The van der Waals surface area contributed by atoms with Gasteiger partial charge in [0.25, 0.3) is 11.1 Å². The molecule has 0 aliphatic carbocycles. The van der Waals surface area contributed by atoms with Crippen LogP contribution in [0.4, 0.5) is 9.18 Å². The Kier molecular flexibility index (Phi) is 6.63. The van der Waals surface area contributed by atoms with Crippen molar-refractivity contribution in [3.8, 4) is 11.5 Å². The molecule has 0 radical (unpaired) electrons. The van der Waals surface area contributed by atoms with Crippen LogP contribution >= 0.6 is 23.4 Å². The molecule has 2 aromatic carbocycles. The predicted octanol–water partition coefficient (Wildman–Crippen LogP) is 4.19. The number of carbonyl (C=O) groups excluding carboxylic acids is 2. The third-order valence-corrected chi connectivity index (χ3v) is 5.21. The van der Waals surface area contributed by atoms with Crippen molar-refractivity contribution >= 4 is 46.6 Å². The summed E-state index contributed by atoms with van der Waals surface area (Å²) >= 11 is 6.94. The highest BCUT2D eigenvalue weighted by molar-refractivity contribution is 8.18. The topological polar surface area (TPSA) is 93.1 Å². The van der Waals surface area contributed by atoms with E-state index in [9.17, 15) is 18.8 Å². The molecule has 0 atom stereocenters. The maximum absolute atomic E-state index is 13.0. The number of hydrogen-bond donors (Lipinski definition) is 1. The van der Waals surface area contributed by atoms with Crippen molar-refractivity contribution in [3.05, 3.63) is 63.3 Å². The van der Waals surface area contributed by atoms with Crippen molar-refractivity contribution in [2.75, 3.05) is 13.7 Å². The normalized spacial score (nSPS) is 15.0. The van der Waals surface area contributed by atoms with Gasteiger partial charge in [0.15, 0.2) is 18.1 Å². The molecule has 0 unspecified atom stereocenters. The van der Waals surface area contributed by atoms with Crippen LogP contribution in [0.5, 0.6) is 11.5 Å². The van der Waals surface area contributed by atoms with E-state index >= 15 is 0 Å². The Labute approximate surface area is 180 Å². The van der Waals surface area contributed by atoms with Gasteiger partial charge in [-0.3, -0.25) is 14.5 Å². The number of rotatable bonds is 7. The average Bonchev–Trinajstić information content (AvgIpc) is 2.95. The van der Waals surface area contributed by atoms with E-state index in [0.29, 0.717) is 11.1 Å². The molecule has 7 nitrogen and oxygen atoms in total. The van der Waals surface area contributed by atoms with Crippen LogP contribution in [0.15, 0.2) is 41.3 Å². The largest absolute Gasteiger partial charge is 0.493 e. The van der Waals surface area contributed by atoms with Crippen LogP contribution in [-0.2, 0) is 16.1 Å². The molecular formula is C20H15ClFNO6S. The second kappa shape index (κ2) is 9.19. The van der Waals surface area contributed by atoms with Crippen molar-refractivity contribution in [1.29, 1.82) is 0 Å². The number of imide groups is 1. The summed E-state index contributed by atoms with van der Waals surface area (Å²) < 4.78 is 23.4. The minimum Gasteiger partial charge on any atom is -0.493 e. The molecule has 3 rings (SSSR count). The maximum Gasteiger partial charge on any atom is 0.341 e. The van der Waals surface area contributed by atoms with Crippen molar-refractivity contribution in [1.82, 2.24) is 4.90 Å². The zero-order valence-electron chi connectivity index (χ0n) is 15.6. The highest BCUT2D eigenvalue weighted by Gasteiger charge is 2.35. The number of thioether (sulfide) groups is 1. The molecule has 30 heavy (non-hydrogen) atoms. The van der Waals surface area contributed by atoms with Crippen molar-refractivity contribution in [2.45, 2.75) is 6.54 Å². The number of ether oxygens (including phenoxy) is 2. The summed E-state index contributed by atoms with van der Waals surface area (Å²) in [6, 6.07) is 8.50. The standard InChI is InChI=1S/C20H15ClFNO6S/c1-28-15-7-12(6-14(21)18(15)29-10-17(24)25)8-16-19(26)23(20(27)30-16)9-11-2-4-13(22)5-3-11/h2-8H,9-10H2,1H3,(H,24,25). The van der Waals surface area contributed by atoms with Crippen LogP contribution in [0.3, 0.4) is 0 Å². The third kappa shape index (κ3) is 4.92. The minimum atomic E-state index is -1.17. The Morgan fingerprint density at radius 1 is 1.27 bits per heavy atom. The Hall–Kier alpha value is -3.04. The molecule has 1 fully saturated rings. The van der Waals surface area contributed by atoms with E-state index in [4.69, 9.17) is 26.2 Å². The second-order valence-electron chi connectivity index (χ2n) is 6.11. The van der Waals surface area contributed by atoms with Gasteiger partial charge in [-0.1, -0.05) is 23.7 Å². The summed E-state index contributed by atoms with van der Waals surface area (Å²) in [7, 11) is 1.36. The van der Waals surface area contributed by atoms with Crippen LogP contribution < -0.4 is 9.47 Å².